The molecule has 0 heterocycles. The van der Waals surface area contributed by atoms with Crippen LogP contribution >= 0.6 is 0 Å². The first-order valence-corrected chi connectivity index (χ1v) is 4.83. The van der Waals surface area contributed by atoms with Crippen LogP contribution in [0.1, 0.15) is 12.0 Å². The van der Waals surface area contributed by atoms with E-state index in [1.807, 2.05) is 24.3 Å². The van der Waals surface area contributed by atoms with E-state index in [-0.39, 0.29) is 5.91 Å². The van der Waals surface area contributed by atoms with E-state index in [0.717, 1.165) is 11.3 Å². The number of ether oxygens (including phenoxy) is 1. The number of para-hydroxylation sites is 1. The van der Waals surface area contributed by atoms with Crippen LogP contribution in [-0.4, -0.2) is 19.6 Å². The number of benzene rings is 1. The Morgan fingerprint density at radius 1 is 1.47 bits per heavy atom. The van der Waals surface area contributed by atoms with Crippen LogP contribution in [0.15, 0.2) is 24.3 Å². The van der Waals surface area contributed by atoms with Crippen molar-refractivity contribution in [1.29, 1.82) is 0 Å². The molecule has 4 heteroatoms. The van der Waals surface area contributed by atoms with Crippen molar-refractivity contribution in [3.63, 3.8) is 0 Å². The molecule has 0 saturated heterocycles. The van der Waals surface area contributed by atoms with Gasteiger partial charge in [0.05, 0.1) is 6.61 Å². The molecular weight excluding hydrogens is 192 g/mol. The zero-order valence-corrected chi connectivity index (χ0v) is 8.82. The van der Waals surface area contributed by atoms with Gasteiger partial charge in [0.1, 0.15) is 0 Å². The Balaban J connectivity index is 2.55. The number of hydrogen-bond donors (Lipinski definition) is 2. The summed E-state index contributed by atoms with van der Waals surface area (Å²) < 4.78 is 5.06. The smallest absolute Gasteiger partial charge is 0.219 e. The molecule has 1 rings (SSSR count). The van der Waals surface area contributed by atoms with Gasteiger partial charge in [0, 0.05) is 31.3 Å². The van der Waals surface area contributed by atoms with Crippen LogP contribution in [0.4, 0.5) is 5.69 Å². The van der Waals surface area contributed by atoms with Crippen LogP contribution in [0.5, 0.6) is 0 Å². The Hall–Kier alpha value is -1.55. The molecular formula is C11H16N2O2. The van der Waals surface area contributed by atoms with Crippen LogP contribution < -0.4 is 11.1 Å². The van der Waals surface area contributed by atoms with E-state index >= 15 is 0 Å². The fourth-order valence-electron chi connectivity index (χ4n) is 1.29. The van der Waals surface area contributed by atoms with Crippen LogP contribution in [-0.2, 0) is 16.1 Å². The normalized spacial score (nSPS) is 9.93. The SMILES string of the molecule is COCc1ccccc1NCCC(N)=O. The topological polar surface area (TPSA) is 64.3 Å². The molecule has 0 radical (unpaired) electrons. The predicted octanol–water partition coefficient (Wildman–Crippen LogP) is 1.12. The number of nitrogens with two attached hydrogens (primary N) is 1. The van der Waals surface area contributed by atoms with E-state index in [2.05, 4.69) is 5.32 Å². The fourth-order valence-corrected chi connectivity index (χ4v) is 1.29. The summed E-state index contributed by atoms with van der Waals surface area (Å²) in [5, 5.41) is 3.15. The lowest BCUT2D eigenvalue weighted by atomic mass is 10.2. The molecule has 0 bridgehead atoms. The van der Waals surface area contributed by atoms with Crippen molar-refractivity contribution in [2.45, 2.75) is 13.0 Å². The third-order valence-electron chi connectivity index (χ3n) is 2.00. The van der Waals surface area contributed by atoms with Gasteiger partial charge in [-0.1, -0.05) is 18.2 Å². The summed E-state index contributed by atoms with van der Waals surface area (Å²) in [5.74, 6) is -0.299. The lowest BCUT2D eigenvalue weighted by molar-refractivity contribution is -0.117. The lowest BCUT2D eigenvalue weighted by Gasteiger charge is -2.10. The summed E-state index contributed by atoms with van der Waals surface area (Å²) >= 11 is 0. The molecule has 0 aliphatic carbocycles. The molecule has 15 heavy (non-hydrogen) atoms. The van der Waals surface area contributed by atoms with Gasteiger partial charge in [-0.3, -0.25) is 4.79 Å². The van der Waals surface area contributed by atoms with Crippen LogP contribution in [0.2, 0.25) is 0 Å². The van der Waals surface area contributed by atoms with Gasteiger partial charge in [-0.15, -0.1) is 0 Å². The zero-order valence-electron chi connectivity index (χ0n) is 8.82. The van der Waals surface area contributed by atoms with Crippen molar-refractivity contribution in [2.75, 3.05) is 19.0 Å². The molecule has 4 nitrogen and oxygen atoms in total. The first-order valence-electron chi connectivity index (χ1n) is 4.83. The summed E-state index contributed by atoms with van der Waals surface area (Å²) in [4.78, 5) is 10.6. The highest BCUT2D eigenvalue weighted by Crippen LogP contribution is 2.15. The molecule has 1 aromatic carbocycles. The Kier molecular flexibility index (Phi) is 4.63. The molecule has 1 amide bonds. The van der Waals surface area contributed by atoms with E-state index in [1.165, 1.54) is 0 Å². The van der Waals surface area contributed by atoms with Gasteiger partial charge in [-0.2, -0.15) is 0 Å². The third-order valence-corrected chi connectivity index (χ3v) is 2.00. The molecule has 0 aromatic heterocycles. The average Bonchev–Trinajstić information content (AvgIpc) is 2.20. The second kappa shape index (κ2) is 6.03. The maximum absolute atomic E-state index is 10.6. The second-order valence-electron chi connectivity index (χ2n) is 3.23. The first-order chi connectivity index (χ1) is 7.24. The maximum atomic E-state index is 10.6. The zero-order chi connectivity index (χ0) is 11.1. The highest BCUT2D eigenvalue weighted by molar-refractivity contribution is 5.74. The van der Waals surface area contributed by atoms with Crippen molar-refractivity contribution < 1.29 is 9.53 Å². The molecule has 0 unspecified atom stereocenters. The van der Waals surface area contributed by atoms with Gasteiger partial charge in [0.2, 0.25) is 5.91 Å². The predicted molar refractivity (Wildman–Crippen MR) is 59.5 cm³/mol. The maximum Gasteiger partial charge on any atom is 0.219 e. The van der Waals surface area contributed by atoms with E-state index < -0.39 is 0 Å². The third kappa shape index (κ3) is 3.99. The number of anilines is 1. The molecule has 3 N–H and O–H groups in total. The van der Waals surface area contributed by atoms with Crippen LogP contribution in [0.25, 0.3) is 0 Å². The number of hydrogen-bond acceptors (Lipinski definition) is 3. The number of primary amides is 1. The number of methoxy groups -OCH3 is 1. The number of carbonyl (C=O) groups excluding carboxylic acids is 1. The standard InChI is InChI=1S/C11H16N2O2/c1-15-8-9-4-2-3-5-10(9)13-7-6-11(12)14/h2-5,13H,6-8H2,1H3,(H2,12,14). The van der Waals surface area contributed by atoms with Gasteiger partial charge in [0.15, 0.2) is 0 Å². The Bertz CT molecular complexity index is 326. The number of amides is 1. The van der Waals surface area contributed by atoms with Gasteiger partial charge in [0.25, 0.3) is 0 Å². The summed E-state index contributed by atoms with van der Waals surface area (Å²) in [6.45, 7) is 1.11. The van der Waals surface area contributed by atoms with Crippen molar-refractivity contribution in [3.8, 4) is 0 Å². The summed E-state index contributed by atoms with van der Waals surface area (Å²) in [5.41, 5.74) is 7.11. The highest BCUT2D eigenvalue weighted by Gasteiger charge is 2.00. The van der Waals surface area contributed by atoms with E-state index in [9.17, 15) is 4.79 Å². The molecule has 0 aliphatic rings. The Morgan fingerprint density at radius 2 is 2.20 bits per heavy atom. The summed E-state index contributed by atoms with van der Waals surface area (Å²) in [6, 6.07) is 7.82. The molecule has 1 aromatic rings. The Labute approximate surface area is 89.4 Å². The van der Waals surface area contributed by atoms with E-state index in [1.54, 1.807) is 7.11 Å². The molecule has 0 saturated carbocycles. The quantitative estimate of drug-likeness (QED) is 0.736. The van der Waals surface area contributed by atoms with Crippen molar-refractivity contribution in [2.24, 2.45) is 5.73 Å². The second-order valence-corrected chi connectivity index (χ2v) is 3.23. The summed E-state index contributed by atoms with van der Waals surface area (Å²) in [7, 11) is 1.65. The minimum atomic E-state index is -0.299. The van der Waals surface area contributed by atoms with Crippen LogP contribution in [0, 0.1) is 0 Å². The number of rotatable bonds is 6. The van der Waals surface area contributed by atoms with E-state index in [4.69, 9.17) is 10.5 Å². The fraction of sp³-hybridized carbons (Fsp3) is 0.364. The van der Waals surface area contributed by atoms with Crippen molar-refractivity contribution >= 4 is 11.6 Å². The minimum Gasteiger partial charge on any atom is -0.384 e. The number of nitrogens with one attached hydrogen (secondary N) is 1. The molecule has 0 atom stereocenters. The Morgan fingerprint density at radius 3 is 2.87 bits per heavy atom. The van der Waals surface area contributed by atoms with E-state index in [0.29, 0.717) is 19.6 Å². The molecule has 0 fully saturated rings. The summed E-state index contributed by atoms with van der Waals surface area (Å²) in [6.07, 6.45) is 0.335. The monoisotopic (exact) mass is 208 g/mol. The molecule has 0 spiro atoms. The van der Waals surface area contributed by atoms with Crippen molar-refractivity contribution in [1.82, 2.24) is 0 Å². The average molecular weight is 208 g/mol. The lowest BCUT2D eigenvalue weighted by Crippen LogP contribution is -2.16. The van der Waals surface area contributed by atoms with Gasteiger partial charge in [-0.05, 0) is 6.07 Å². The first kappa shape index (κ1) is 11.5. The molecule has 82 valence electrons. The number of carbonyl (C=O) groups is 1. The van der Waals surface area contributed by atoms with Gasteiger partial charge in [-0.25, -0.2) is 0 Å². The van der Waals surface area contributed by atoms with Crippen LogP contribution in [0.3, 0.4) is 0 Å². The largest absolute Gasteiger partial charge is 0.384 e. The van der Waals surface area contributed by atoms with Crippen molar-refractivity contribution in [3.05, 3.63) is 29.8 Å². The van der Waals surface area contributed by atoms with Gasteiger partial charge >= 0.3 is 0 Å². The minimum absolute atomic E-state index is 0.299. The highest BCUT2D eigenvalue weighted by atomic mass is 16.5. The van der Waals surface area contributed by atoms with Gasteiger partial charge < -0.3 is 15.8 Å². The molecule has 0 aliphatic heterocycles.